The van der Waals surface area contributed by atoms with E-state index in [1.807, 2.05) is 36.5 Å². The van der Waals surface area contributed by atoms with Gasteiger partial charge in [0.2, 0.25) is 0 Å². The van der Waals surface area contributed by atoms with Crippen molar-refractivity contribution in [2.75, 3.05) is 18.5 Å². The first-order chi connectivity index (χ1) is 13.6. The first kappa shape index (κ1) is 19.0. The van der Waals surface area contributed by atoms with Crippen molar-refractivity contribution >= 4 is 17.6 Å². The van der Waals surface area contributed by atoms with Crippen molar-refractivity contribution in [3.63, 3.8) is 0 Å². The van der Waals surface area contributed by atoms with Crippen molar-refractivity contribution in [2.24, 2.45) is 5.73 Å². The van der Waals surface area contributed by atoms with Crippen molar-refractivity contribution < 1.29 is 14.3 Å². The van der Waals surface area contributed by atoms with Crippen molar-refractivity contribution in [3.8, 4) is 11.4 Å². The third kappa shape index (κ3) is 5.60. The Balaban J connectivity index is 1.41. The highest BCUT2D eigenvalue weighted by Gasteiger charge is 2.03. The lowest BCUT2D eigenvalue weighted by Gasteiger charge is -2.09. The molecule has 1 aromatic heterocycles. The van der Waals surface area contributed by atoms with Crippen LogP contribution in [0, 0.1) is 0 Å². The number of nitrogens with zero attached hydrogens (tertiary/aromatic N) is 2. The van der Waals surface area contributed by atoms with Crippen molar-refractivity contribution in [1.29, 1.82) is 0 Å². The maximum atomic E-state index is 12.0. The predicted octanol–water partition coefficient (Wildman–Crippen LogP) is 2.10. The number of nitrogens with one attached hydrogen (secondary N) is 2. The zero-order valence-corrected chi connectivity index (χ0v) is 15.2. The van der Waals surface area contributed by atoms with Crippen LogP contribution < -0.4 is 21.1 Å². The summed E-state index contributed by atoms with van der Waals surface area (Å²) in [6.07, 6.45) is 4.34. The number of hydrogen-bond donors (Lipinski definition) is 3. The average Bonchev–Trinajstić information content (AvgIpc) is 3.23. The number of nitrogens with two attached hydrogens (primary N) is 1. The van der Waals surface area contributed by atoms with Crippen LogP contribution in [0.25, 0.3) is 5.69 Å². The standard InChI is InChI=1S/C20H21N5O3/c21-19(26)14-28-18-8-4-16(5-9-18)24-20(27)22-12-10-15-2-6-17(7-3-15)25-13-1-11-23-25/h1-9,11,13H,10,12,14H2,(H2,21,26)(H2,22,24,27). The van der Waals surface area contributed by atoms with Crippen LogP contribution in [0.2, 0.25) is 0 Å². The number of ether oxygens (including phenoxy) is 1. The topological polar surface area (TPSA) is 111 Å². The summed E-state index contributed by atoms with van der Waals surface area (Å²) in [5, 5.41) is 9.74. The second kappa shape index (κ2) is 9.22. The summed E-state index contributed by atoms with van der Waals surface area (Å²) in [6.45, 7) is 0.322. The highest BCUT2D eigenvalue weighted by atomic mass is 16.5. The summed E-state index contributed by atoms with van der Waals surface area (Å²) in [5.41, 5.74) is 7.75. The number of urea groups is 1. The van der Waals surface area contributed by atoms with Gasteiger partial charge in [0.05, 0.1) is 5.69 Å². The number of hydrogen-bond acceptors (Lipinski definition) is 4. The fraction of sp³-hybridized carbons (Fsp3) is 0.150. The van der Waals surface area contributed by atoms with Gasteiger partial charge in [0, 0.05) is 24.6 Å². The van der Waals surface area contributed by atoms with E-state index in [9.17, 15) is 9.59 Å². The molecule has 3 rings (SSSR count). The molecule has 0 bridgehead atoms. The molecule has 28 heavy (non-hydrogen) atoms. The fourth-order valence-electron chi connectivity index (χ4n) is 2.52. The Morgan fingerprint density at radius 1 is 1.07 bits per heavy atom. The lowest BCUT2D eigenvalue weighted by atomic mass is 10.1. The Labute approximate surface area is 162 Å². The normalized spacial score (nSPS) is 10.3. The van der Waals surface area contributed by atoms with E-state index < -0.39 is 5.91 Å². The molecular formula is C20H21N5O3. The minimum atomic E-state index is -0.544. The molecule has 8 nitrogen and oxygen atoms in total. The van der Waals surface area contributed by atoms with Crippen LogP contribution in [0.4, 0.5) is 10.5 Å². The molecule has 0 saturated heterocycles. The monoisotopic (exact) mass is 379 g/mol. The first-order valence-corrected chi connectivity index (χ1v) is 8.75. The van der Waals surface area contributed by atoms with E-state index in [0.29, 0.717) is 24.4 Å². The Morgan fingerprint density at radius 3 is 2.46 bits per heavy atom. The number of anilines is 1. The maximum Gasteiger partial charge on any atom is 0.319 e. The van der Waals surface area contributed by atoms with Crippen LogP contribution >= 0.6 is 0 Å². The number of carbonyl (C=O) groups is 2. The molecule has 1 heterocycles. The van der Waals surface area contributed by atoms with Crippen LogP contribution in [0.3, 0.4) is 0 Å². The van der Waals surface area contributed by atoms with Gasteiger partial charge in [-0.05, 0) is 54.4 Å². The molecule has 0 aliphatic heterocycles. The largest absolute Gasteiger partial charge is 0.484 e. The zero-order valence-electron chi connectivity index (χ0n) is 15.2. The van der Waals surface area contributed by atoms with Crippen molar-refractivity contribution in [1.82, 2.24) is 15.1 Å². The van der Waals surface area contributed by atoms with Crippen LogP contribution in [-0.2, 0) is 11.2 Å². The van der Waals surface area contributed by atoms with E-state index in [4.69, 9.17) is 10.5 Å². The second-order valence-corrected chi connectivity index (χ2v) is 6.03. The van der Waals surface area contributed by atoms with Crippen molar-refractivity contribution in [2.45, 2.75) is 6.42 Å². The van der Waals surface area contributed by atoms with E-state index in [1.165, 1.54) is 0 Å². The molecule has 3 amide bonds. The van der Waals surface area contributed by atoms with Gasteiger partial charge in [0.25, 0.3) is 5.91 Å². The van der Waals surface area contributed by atoms with E-state index in [0.717, 1.165) is 11.3 Å². The third-order valence-corrected chi connectivity index (χ3v) is 3.90. The molecule has 144 valence electrons. The lowest BCUT2D eigenvalue weighted by Crippen LogP contribution is -2.30. The van der Waals surface area contributed by atoms with Gasteiger partial charge in [0.1, 0.15) is 5.75 Å². The molecule has 0 saturated carbocycles. The fourth-order valence-corrected chi connectivity index (χ4v) is 2.52. The number of amides is 3. The lowest BCUT2D eigenvalue weighted by molar-refractivity contribution is -0.119. The number of benzene rings is 2. The molecular weight excluding hydrogens is 358 g/mol. The Bertz CT molecular complexity index is 906. The predicted molar refractivity (Wildman–Crippen MR) is 105 cm³/mol. The minimum absolute atomic E-state index is 0.184. The molecule has 2 aromatic carbocycles. The Kier molecular flexibility index (Phi) is 6.25. The highest BCUT2D eigenvalue weighted by molar-refractivity contribution is 5.89. The molecule has 0 fully saturated rings. The van der Waals surface area contributed by atoms with Gasteiger partial charge in [-0.2, -0.15) is 5.10 Å². The van der Waals surface area contributed by atoms with E-state index in [1.54, 1.807) is 35.1 Å². The molecule has 3 aromatic rings. The third-order valence-electron chi connectivity index (χ3n) is 3.90. The van der Waals surface area contributed by atoms with Gasteiger partial charge >= 0.3 is 6.03 Å². The zero-order chi connectivity index (χ0) is 19.8. The summed E-state index contributed by atoms with van der Waals surface area (Å²) < 4.78 is 6.96. The van der Waals surface area contributed by atoms with Crippen LogP contribution in [-0.4, -0.2) is 34.9 Å². The van der Waals surface area contributed by atoms with Gasteiger partial charge in [-0.25, -0.2) is 9.48 Å². The summed E-state index contributed by atoms with van der Waals surface area (Å²) in [6, 6.07) is 16.3. The highest BCUT2D eigenvalue weighted by Crippen LogP contribution is 2.15. The van der Waals surface area contributed by atoms with Gasteiger partial charge < -0.3 is 21.1 Å². The first-order valence-electron chi connectivity index (χ1n) is 8.75. The molecule has 0 aliphatic rings. The summed E-state index contributed by atoms with van der Waals surface area (Å²) in [4.78, 5) is 22.7. The molecule has 4 N–H and O–H groups in total. The molecule has 0 radical (unpaired) electrons. The SMILES string of the molecule is NC(=O)COc1ccc(NC(=O)NCCc2ccc(-n3cccn3)cc2)cc1. The van der Waals surface area contributed by atoms with Gasteiger partial charge in [-0.3, -0.25) is 4.79 Å². The minimum Gasteiger partial charge on any atom is -0.484 e. The molecule has 0 spiro atoms. The molecule has 8 heteroatoms. The van der Waals surface area contributed by atoms with Gasteiger partial charge in [0.15, 0.2) is 6.61 Å². The van der Waals surface area contributed by atoms with Crippen LogP contribution in [0.15, 0.2) is 67.0 Å². The smallest absolute Gasteiger partial charge is 0.319 e. The van der Waals surface area contributed by atoms with Crippen LogP contribution in [0.5, 0.6) is 5.75 Å². The van der Waals surface area contributed by atoms with Crippen molar-refractivity contribution in [3.05, 3.63) is 72.6 Å². The van der Waals surface area contributed by atoms with Gasteiger partial charge in [-0.1, -0.05) is 12.1 Å². The number of carbonyl (C=O) groups excluding carboxylic acids is 2. The van der Waals surface area contributed by atoms with E-state index in [-0.39, 0.29) is 12.6 Å². The van der Waals surface area contributed by atoms with E-state index >= 15 is 0 Å². The van der Waals surface area contributed by atoms with Crippen LogP contribution in [0.1, 0.15) is 5.56 Å². The summed E-state index contributed by atoms with van der Waals surface area (Å²) >= 11 is 0. The number of aromatic nitrogens is 2. The Hall–Kier alpha value is -3.81. The molecule has 0 atom stereocenters. The number of primary amides is 1. The average molecular weight is 379 g/mol. The maximum absolute atomic E-state index is 12.0. The quantitative estimate of drug-likeness (QED) is 0.556. The second-order valence-electron chi connectivity index (χ2n) is 6.03. The molecule has 0 aliphatic carbocycles. The molecule has 0 unspecified atom stereocenters. The summed E-state index contributed by atoms with van der Waals surface area (Å²) in [5.74, 6) is -0.0408. The van der Waals surface area contributed by atoms with Gasteiger partial charge in [-0.15, -0.1) is 0 Å². The number of rotatable bonds is 8. The summed E-state index contributed by atoms with van der Waals surface area (Å²) in [7, 11) is 0. The van der Waals surface area contributed by atoms with E-state index in [2.05, 4.69) is 15.7 Å². The Morgan fingerprint density at radius 2 is 1.82 bits per heavy atom.